The van der Waals surface area contributed by atoms with Crippen LogP contribution in [0.2, 0.25) is 10.0 Å². The zero-order valence-corrected chi connectivity index (χ0v) is 13.3. The minimum absolute atomic E-state index is 0.302. The summed E-state index contributed by atoms with van der Waals surface area (Å²) in [6.45, 7) is 6.15. The van der Waals surface area contributed by atoms with Crippen molar-refractivity contribution < 1.29 is 4.74 Å². The molecule has 1 aromatic carbocycles. The first-order valence-corrected chi connectivity index (χ1v) is 7.55. The average Bonchev–Trinajstić information content (AvgIpc) is 2.37. The highest BCUT2D eigenvalue weighted by atomic mass is 35.5. The lowest BCUT2D eigenvalue weighted by Crippen LogP contribution is -2.39. The van der Waals surface area contributed by atoms with Crippen LogP contribution in [0.5, 0.6) is 0 Å². The monoisotopic (exact) mass is 301 g/mol. The number of anilines is 1. The molecule has 0 aliphatic carbocycles. The number of nitrogens with zero attached hydrogens (tertiary/aromatic N) is 1. The Balaban J connectivity index is 2.26. The molecule has 0 saturated carbocycles. The Morgan fingerprint density at radius 2 is 1.89 bits per heavy atom. The standard InChI is InChI=1S/C15H21Cl2NO/c1-10(2)15-13(16)7-11(8-14(15)17)18-6-4-5-12(9-18)19-3/h7-8,10,12H,4-6,9H2,1-3H3. The smallest absolute Gasteiger partial charge is 0.0746 e. The van der Waals surface area contributed by atoms with Gasteiger partial charge in [-0.05, 0) is 36.5 Å². The minimum atomic E-state index is 0.302. The third-order valence-corrected chi connectivity index (χ3v) is 4.34. The van der Waals surface area contributed by atoms with Gasteiger partial charge in [-0.15, -0.1) is 0 Å². The first-order chi connectivity index (χ1) is 9.02. The van der Waals surface area contributed by atoms with Crippen LogP contribution >= 0.6 is 23.2 Å². The fourth-order valence-electron chi connectivity index (χ4n) is 2.67. The van der Waals surface area contributed by atoms with Crippen molar-refractivity contribution in [3.05, 3.63) is 27.7 Å². The molecule has 0 aromatic heterocycles. The zero-order valence-electron chi connectivity index (χ0n) is 11.7. The summed E-state index contributed by atoms with van der Waals surface area (Å²) in [4.78, 5) is 2.31. The maximum Gasteiger partial charge on any atom is 0.0746 e. The van der Waals surface area contributed by atoms with Gasteiger partial charge in [-0.2, -0.15) is 0 Å². The molecule has 1 fully saturated rings. The van der Waals surface area contributed by atoms with Gasteiger partial charge in [-0.3, -0.25) is 0 Å². The Labute approximate surface area is 125 Å². The van der Waals surface area contributed by atoms with Gasteiger partial charge in [0.25, 0.3) is 0 Å². The van der Waals surface area contributed by atoms with Gasteiger partial charge in [0.05, 0.1) is 6.10 Å². The first kappa shape index (κ1) is 15.0. The summed E-state index contributed by atoms with van der Waals surface area (Å²) in [6, 6.07) is 4.06. The maximum absolute atomic E-state index is 6.38. The van der Waals surface area contributed by atoms with Crippen LogP contribution < -0.4 is 4.90 Å². The van der Waals surface area contributed by atoms with Gasteiger partial charge in [0.2, 0.25) is 0 Å². The number of ether oxygens (including phenoxy) is 1. The van der Waals surface area contributed by atoms with E-state index in [0.29, 0.717) is 12.0 Å². The highest BCUT2D eigenvalue weighted by molar-refractivity contribution is 6.36. The largest absolute Gasteiger partial charge is 0.380 e. The molecule has 4 heteroatoms. The number of hydrogen-bond donors (Lipinski definition) is 0. The normalized spacial score (nSPS) is 20.1. The van der Waals surface area contributed by atoms with Gasteiger partial charge in [0, 0.05) is 35.9 Å². The maximum atomic E-state index is 6.38. The number of methoxy groups -OCH3 is 1. The van der Waals surface area contributed by atoms with Crippen LogP contribution in [0.25, 0.3) is 0 Å². The molecule has 1 saturated heterocycles. The van der Waals surface area contributed by atoms with E-state index in [1.54, 1.807) is 7.11 Å². The lowest BCUT2D eigenvalue weighted by molar-refractivity contribution is 0.0893. The van der Waals surface area contributed by atoms with Crippen molar-refractivity contribution in [1.82, 2.24) is 0 Å². The van der Waals surface area contributed by atoms with Crippen molar-refractivity contribution >= 4 is 28.9 Å². The third-order valence-electron chi connectivity index (χ3n) is 3.72. The molecule has 2 nitrogen and oxygen atoms in total. The van der Waals surface area contributed by atoms with Gasteiger partial charge in [-0.1, -0.05) is 37.0 Å². The fraction of sp³-hybridized carbons (Fsp3) is 0.600. The number of hydrogen-bond acceptors (Lipinski definition) is 2. The molecule has 1 aliphatic heterocycles. The van der Waals surface area contributed by atoms with Crippen molar-refractivity contribution in [1.29, 1.82) is 0 Å². The molecule has 0 radical (unpaired) electrons. The van der Waals surface area contributed by atoms with E-state index in [2.05, 4.69) is 18.7 Å². The predicted octanol–water partition coefficient (Wildman–Crippen LogP) is 4.73. The molecule has 106 valence electrons. The molecule has 1 unspecified atom stereocenters. The Morgan fingerprint density at radius 3 is 2.42 bits per heavy atom. The van der Waals surface area contributed by atoms with E-state index >= 15 is 0 Å². The van der Waals surface area contributed by atoms with Crippen LogP contribution in [-0.4, -0.2) is 26.3 Å². The Morgan fingerprint density at radius 1 is 1.26 bits per heavy atom. The van der Waals surface area contributed by atoms with E-state index in [0.717, 1.165) is 47.2 Å². The minimum Gasteiger partial charge on any atom is -0.380 e. The quantitative estimate of drug-likeness (QED) is 0.800. The second-order valence-electron chi connectivity index (χ2n) is 5.42. The molecule has 1 aliphatic rings. The highest BCUT2D eigenvalue weighted by Crippen LogP contribution is 2.36. The molecule has 19 heavy (non-hydrogen) atoms. The van der Waals surface area contributed by atoms with Gasteiger partial charge in [0.1, 0.15) is 0 Å². The van der Waals surface area contributed by atoms with E-state index < -0.39 is 0 Å². The lowest BCUT2D eigenvalue weighted by atomic mass is 10.0. The van der Waals surface area contributed by atoms with E-state index in [4.69, 9.17) is 27.9 Å². The third kappa shape index (κ3) is 3.36. The summed E-state index contributed by atoms with van der Waals surface area (Å²) in [7, 11) is 1.77. The molecule has 0 spiro atoms. The summed E-state index contributed by atoms with van der Waals surface area (Å²) < 4.78 is 5.46. The van der Waals surface area contributed by atoms with Crippen molar-refractivity contribution in [3.63, 3.8) is 0 Å². The molecule has 1 aromatic rings. The van der Waals surface area contributed by atoms with Gasteiger partial charge < -0.3 is 9.64 Å². The van der Waals surface area contributed by atoms with E-state index in [1.165, 1.54) is 0 Å². The molecular formula is C15H21Cl2NO. The van der Waals surface area contributed by atoms with Crippen LogP contribution in [0.4, 0.5) is 5.69 Å². The highest BCUT2D eigenvalue weighted by Gasteiger charge is 2.21. The Kier molecular flexibility index (Phi) is 4.99. The molecule has 1 heterocycles. The second-order valence-corrected chi connectivity index (χ2v) is 6.24. The Bertz CT molecular complexity index is 425. The van der Waals surface area contributed by atoms with Crippen LogP contribution in [0, 0.1) is 0 Å². The van der Waals surface area contributed by atoms with Crippen LogP contribution in [0.1, 0.15) is 38.2 Å². The molecule has 0 N–H and O–H groups in total. The van der Waals surface area contributed by atoms with Crippen molar-refractivity contribution in [2.45, 2.75) is 38.7 Å². The van der Waals surface area contributed by atoms with E-state index in [1.807, 2.05) is 12.1 Å². The summed E-state index contributed by atoms with van der Waals surface area (Å²) in [5.74, 6) is 0.335. The number of piperidine rings is 1. The summed E-state index contributed by atoms with van der Waals surface area (Å²) in [5, 5.41) is 1.52. The molecular weight excluding hydrogens is 281 g/mol. The van der Waals surface area contributed by atoms with E-state index in [-0.39, 0.29) is 0 Å². The number of benzene rings is 1. The topological polar surface area (TPSA) is 12.5 Å². The summed E-state index contributed by atoms with van der Waals surface area (Å²) in [5.41, 5.74) is 2.13. The van der Waals surface area contributed by atoms with Crippen LogP contribution in [0.3, 0.4) is 0 Å². The van der Waals surface area contributed by atoms with Gasteiger partial charge >= 0.3 is 0 Å². The fourth-order valence-corrected chi connectivity index (χ4v) is 3.58. The number of rotatable bonds is 3. The van der Waals surface area contributed by atoms with Gasteiger partial charge in [0.15, 0.2) is 0 Å². The lowest BCUT2D eigenvalue weighted by Gasteiger charge is -2.34. The summed E-state index contributed by atoms with van der Waals surface area (Å²) in [6.07, 6.45) is 2.56. The van der Waals surface area contributed by atoms with Crippen LogP contribution in [0.15, 0.2) is 12.1 Å². The van der Waals surface area contributed by atoms with Crippen molar-refractivity contribution in [3.8, 4) is 0 Å². The predicted molar refractivity (Wildman–Crippen MR) is 82.8 cm³/mol. The van der Waals surface area contributed by atoms with Gasteiger partial charge in [-0.25, -0.2) is 0 Å². The molecule has 0 bridgehead atoms. The Hall–Kier alpha value is -0.440. The summed E-state index contributed by atoms with van der Waals surface area (Å²) >= 11 is 12.8. The second kappa shape index (κ2) is 6.34. The average molecular weight is 302 g/mol. The van der Waals surface area contributed by atoms with E-state index in [9.17, 15) is 0 Å². The first-order valence-electron chi connectivity index (χ1n) is 6.79. The molecule has 2 rings (SSSR count). The van der Waals surface area contributed by atoms with Crippen molar-refractivity contribution in [2.75, 3.05) is 25.1 Å². The molecule has 1 atom stereocenters. The van der Waals surface area contributed by atoms with Crippen molar-refractivity contribution in [2.24, 2.45) is 0 Å². The van der Waals surface area contributed by atoms with Crippen LogP contribution in [-0.2, 0) is 4.74 Å². The zero-order chi connectivity index (χ0) is 14.0. The number of halogens is 2. The molecule has 0 amide bonds. The SMILES string of the molecule is COC1CCCN(c2cc(Cl)c(C(C)C)c(Cl)c2)C1.